The Hall–Kier alpha value is -1.00. The molecule has 0 spiro atoms. The normalized spacial score (nSPS) is 19.0. The lowest BCUT2D eigenvalue weighted by Gasteiger charge is -2.07. The van der Waals surface area contributed by atoms with Crippen molar-refractivity contribution in [3.63, 3.8) is 0 Å². The Morgan fingerprint density at radius 2 is 2.00 bits per heavy atom. The van der Waals surface area contributed by atoms with Gasteiger partial charge in [0.05, 0.1) is 6.54 Å². The number of nitrogens with one attached hydrogen (secondary N) is 1. The van der Waals surface area contributed by atoms with Gasteiger partial charge < -0.3 is 5.32 Å². The van der Waals surface area contributed by atoms with E-state index >= 15 is 0 Å². The Bertz CT molecular complexity index is 624. The molecule has 18 heavy (non-hydrogen) atoms. The summed E-state index contributed by atoms with van der Waals surface area (Å²) < 4.78 is 1.11. The first-order valence-corrected chi connectivity index (χ1v) is 7.55. The van der Waals surface area contributed by atoms with Crippen LogP contribution >= 0.6 is 27.7 Å². The first kappa shape index (κ1) is 12.1. The molecule has 0 bridgehead atoms. The number of aliphatic imine (C=N–C) groups is 1. The second-order valence-electron chi connectivity index (χ2n) is 4.41. The molecule has 0 fully saturated rings. The number of rotatable bonds is 1. The summed E-state index contributed by atoms with van der Waals surface area (Å²) in [6.07, 6.45) is 0. The van der Waals surface area contributed by atoms with Crippen LogP contribution in [-0.4, -0.2) is 17.0 Å². The molecular weight excluding hydrogens is 308 g/mol. The van der Waals surface area contributed by atoms with E-state index < -0.39 is 0 Å². The molecule has 2 aromatic carbocycles. The Labute approximate surface area is 119 Å². The smallest absolute Gasteiger partial charge is 0.161 e. The van der Waals surface area contributed by atoms with Gasteiger partial charge in [-0.15, -0.1) is 0 Å². The molecule has 1 aliphatic heterocycles. The average Bonchev–Trinajstić information content (AvgIpc) is 2.75. The summed E-state index contributed by atoms with van der Waals surface area (Å²) in [4.78, 5) is 4.47. The maximum absolute atomic E-state index is 4.47. The molecule has 0 aliphatic carbocycles. The highest BCUT2D eigenvalue weighted by molar-refractivity contribution is 9.10. The molecule has 0 saturated heterocycles. The van der Waals surface area contributed by atoms with Gasteiger partial charge >= 0.3 is 0 Å². The van der Waals surface area contributed by atoms with E-state index in [0.717, 1.165) is 21.9 Å². The van der Waals surface area contributed by atoms with E-state index in [-0.39, 0.29) is 0 Å². The molecule has 1 unspecified atom stereocenters. The third-order valence-corrected chi connectivity index (χ3v) is 4.36. The third-order valence-electron chi connectivity index (χ3n) is 2.86. The standard InChI is InChI=1S/C14H13BrN2S/c1-9-8-16-14(18-9)17-13-5-3-10-6-12(15)4-2-11(10)7-13/h2-7,9H,8H2,1H3,(H,16,17). The van der Waals surface area contributed by atoms with Crippen LogP contribution in [0.4, 0.5) is 5.69 Å². The van der Waals surface area contributed by atoms with Gasteiger partial charge in [0.15, 0.2) is 5.17 Å². The molecule has 0 radical (unpaired) electrons. The molecule has 2 aromatic rings. The molecule has 0 amide bonds. The number of hydrogen-bond acceptors (Lipinski definition) is 3. The highest BCUT2D eigenvalue weighted by Gasteiger charge is 2.14. The predicted octanol–water partition coefficient (Wildman–Crippen LogP) is 4.51. The minimum Gasteiger partial charge on any atom is -0.335 e. The average molecular weight is 321 g/mol. The Morgan fingerprint density at radius 1 is 1.22 bits per heavy atom. The number of anilines is 1. The van der Waals surface area contributed by atoms with Gasteiger partial charge in [-0.3, -0.25) is 4.99 Å². The van der Waals surface area contributed by atoms with E-state index in [9.17, 15) is 0 Å². The van der Waals surface area contributed by atoms with Crippen molar-refractivity contribution in [3.05, 3.63) is 40.9 Å². The van der Waals surface area contributed by atoms with Crippen molar-refractivity contribution in [2.75, 3.05) is 11.9 Å². The summed E-state index contributed by atoms with van der Waals surface area (Å²) in [6.45, 7) is 3.11. The molecule has 1 aliphatic rings. The Kier molecular flexibility index (Phi) is 3.31. The number of amidine groups is 1. The minimum absolute atomic E-state index is 0.587. The second-order valence-corrected chi connectivity index (χ2v) is 6.75. The Balaban J connectivity index is 1.87. The number of fused-ring (bicyclic) bond motifs is 1. The number of nitrogens with zero attached hydrogens (tertiary/aromatic N) is 1. The van der Waals surface area contributed by atoms with E-state index in [4.69, 9.17) is 0 Å². The minimum atomic E-state index is 0.587. The third kappa shape index (κ3) is 2.54. The lowest BCUT2D eigenvalue weighted by atomic mass is 10.1. The van der Waals surface area contributed by atoms with Crippen molar-refractivity contribution >= 4 is 49.3 Å². The van der Waals surface area contributed by atoms with Crippen LogP contribution in [0.5, 0.6) is 0 Å². The number of thioether (sulfide) groups is 1. The number of benzene rings is 2. The summed E-state index contributed by atoms with van der Waals surface area (Å²) >= 11 is 5.29. The molecule has 3 rings (SSSR count). The SMILES string of the molecule is CC1CN=C(Nc2ccc3cc(Br)ccc3c2)S1. The second kappa shape index (κ2) is 4.94. The highest BCUT2D eigenvalue weighted by atomic mass is 79.9. The van der Waals surface area contributed by atoms with Crippen LogP contribution in [0.3, 0.4) is 0 Å². The van der Waals surface area contributed by atoms with Crippen molar-refractivity contribution < 1.29 is 0 Å². The molecule has 1 atom stereocenters. The highest BCUT2D eigenvalue weighted by Crippen LogP contribution is 2.25. The first-order chi connectivity index (χ1) is 8.70. The van der Waals surface area contributed by atoms with E-state index in [0.29, 0.717) is 5.25 Å². The lowest BCUT2D eigenvalue weighted by molar-refractivity contribution is 0.976. The molecular formula is C14H13BrN2S. The first-order valence-electron chi connectivity index (χ1n) is 5.88. The van der Waals surface area contributed by atoms with Gasteiger partial charge in [0, 0.05) is 15.4 Å². The van der Waals surface area contributed by atoms with Crippen LogP contribution in [0.25, 0.3) is 10.8 Å². The molecule has 0 saturated carbocycles. The van der Waals surface area contributed by atoms with Crippen LogP contribution < -0.4 is 5.32 Å². The van der Waals surface area contributed by atoms with Crippen LogP contribution in [0, 0.1) is 0 Å². The molecule has 92 valence electrons. The fourth-order valence-corrected chi connectivity index (χ4v) is 3.20. The Morgan fingerprint density at radius 3 is 2.78 bits per heavy atom. The fraction of sp³-hybridized carbons (Fsp3) is 0.214. The molecule has 2 nitrogen and oxygen atoms in total. The van der Waals surface area contributed by atoms with Crippen LogP contribution in [0.1, 0.15) is 6.92 Å². The van der Waals surface area contributed by atoms with Crippen molar-refractivity contribution in [1.82, 2.24) is 0 Å². The van der Waals surface area contributed by atoms with Gasteiger partial charge in [0.1, 0.15) is 0 Å². The summed E-state index contributed by atoms with van der Waals surface area (Å²) in [6, 6.07) is 12.7. The van der Waals surface area contributed by atoms with E-state index in [1.54, 1.807) is 11.8 Å². The fourth-order valence-electron chi connectivity index (χ4n) is 1.96. The zero-order valence-corrected chi connectivity index (χ0v) is 12.4. The summed E-state index contributed by atoms with van der Waals surface area (Å²) in [7, 11) is 0. The van der Waals surface area contributed by atoms with Crippen molar-refractivity contribution in [2.24, 2.45) is 4.99 Å². The van der Waals surface area contributed by atoms with Gasteiger partial charge in [-0.25, -0.2) is 0 Å². The van der Waals surface area contributed by atoms with E-state index in [1.165, 1.54) is 10.8 Å². The monoisotopic (exact) mass is 320 g/mol. The predicted molar refractivity (Wildman–Crippen MR) is 84.6 cm³/mol. The number of hydrogen-bond donors (Lipinski definition) is 1. The molecule has 0 aromatic heterocycles. The van der Waals surface area contributed by atoms with E-state index in [1.807, 2.05) is 0 Å². The van der Waals surface area contributed by atoms with Crippen molar-refractivity contribution in [2.45, 2.75) is 12.2 Å². The largest absolute Gasteiger partial charge is 0.335 e. The van der Waals surface area contributed by atoms with Crippen molar-refractivity contribution in [1.29, 1.82) is 0 Å². The maximum atomic E-state index is 4.47. The van der Waals surface area contributed by atoms with Crippen LogP contribution in [-0.2, 0) is 0 Å². The lowest BCUT2D eigenvalue weighted by Crippen LogP contribution is -2.05. The summed E-state index contributed by atoms with van der Waals surface area (Å²) in [5, 5.41) is 7.47. The summed E-state index contributed by atoms with van der Waals surface area (Å²) in [5.74, 6) is 0. The molecule has 1 N–H and O–H groups in total. The zero-order chi connectivity index (χ0) is 12.5. The van der Waals surface area contributed by atoms with Crippen LogP contribution in [0.2, 0.25) is 0 Å². The van der Waals surface area contributed by atoms with Gasteiger partial charge in [0.25, 0.3) is 0 Å². The van der Waals surface area contributed by atoms with E-state index in [2.05, 4.69) is 69.6 Å². The van der Waals surface area contributed by atoms with Gasteiger partial charge in [-0.1, -0.05) is 46.7 Å². The van der Waals surface area contributed by atoms with Gasteiger partial charge in [0.2, 0.25) is 0 Å². The topological polar surface area (TPSA) is 24.4 Å². The zero-order valence-electron chi connectivity index (χ0n) is 9.98. The number of halogens is 1. The maximum Gasteiger partial charge on any atom is 0.161 e. The molecule has 1 heterocycles. The summed E-state index contributed by atoms with van der Waals surface area (Å²) in [5.41, 5.74) is 1.10. The van der Waals surface area contributed by atoms with Gasteiger partial charge in [-0.2, -0.15) is 0 Å². The van der Waals surface area contributed by atoms with Gasteiger partial charge in [-0.05, 0) is 35.0 Å². The molecule has 4 heteroatoms. The van der Waals surface area contributed by atoms with Crippen LogP contribution in [0.15, 0.2) is 45.9 Å². The van der Waals surface area contributed by atoms with Crippen molar-refractivity contribution in [3.8, 4) is 0 Å². The quantitative estimate of drug-likeness (QED) is 0.836.